The molecule has 3 aromatic rings. The highest BCUT2D eigenvalue weighted by atomic mass is 16.2. The monoisotopic (exact) mass is 306 g/mol. The van der Waals surface area contributed by atoms with E-state index in [1.807, 2.05) is 55.5 Å². The first-order valence-electron chi connectivity index (χ1n) is 7.54. The molecular formula is C19H18N2O2. The fourth-order valence-electron chi connectivity index (χ4n) is 2.59. The predicted molar refractivity (Wildman–Crippen MR) is 92.7 cm³/mol. The number of aryl methyl sites for hydroxylation is 1. The second-order valence-electron chi connectivity index (χ2n) is 5.60. The van der Waals surface area contributed by atoms with Crippen LogP contribution in [-0.2, 0) is 4.79 Å². The number of hydrogen-bond acceptors (Lipinski definition) is 2. The van der Waals surface area contributed by atoms with E-state index in [0.717, 1.165) is 16.6 Å². The van der Waals surface area contributed by atoms with Crippen molar-refractivity contribution in [2.24, 2.45) is 0 Å². The summed E-state index contributed by atoms with van der Waals surface area (Å²) < 4.78 is 1.47. The lowest BCUT2D eigenvalue weighted by Gasteiger charge is -2.16. The van der Waals surface area contributed by atoms with Crippen LogP contribution < -0.4 is 10.9 Å². The van der Waals surface area contributed by atoms with Gasteiger partial charge in [0.15, 0.2) is 0 Å². The van der Waals surface area contributed by atoms with Crippen molar-refractivity contribution in [2.45, 2.75) is 19.9 Å². The maximum atomic E-state index is 12.6. The number of amides is 1. The Labute approximate surface area is 134 Å². The van der Waals surface area contributed by atoms with Gasteiger partial charge in [-0.15, -0.1) is 0 Å². The summed E-state index contributed by atoms with van der Waals surface area (Å²) in [5.74, 6) is -0.211. The van der Waals surface area contributed by atoms with Gasteiger partial charge in [-0.25, -0.2) is 0 Å². The van der Waals surface area contributed by atoms with Crippen LogP contribution in [0.4, 0.5) is 5.69 Å². The number of rotatable bonds is 3. The van der Waals surface area contributed by atoms with Crippen molar-refractivity contribution in [1.29, 1.82) is 0 Å². The van der Waals surface area contributed by atoms with Gasteiger partial charge >= 0.3 is 0 Å². The number of carbonyl (C=O) groups is 1. The van der Waals surface area contributed by atoms with Crippen molar-refractivity contribution in [3.05, 3.63) is 76.7 Å². The topological polar surface area (TPSA) is 51.1 Å². The molecule has 116 valence electrons. The van der Waals surface area contributed by atoms with Crippen molar-refractivity contribution >= 4 is 22.4 Å². The smallest absolute Gasteiger partial charge is 0.259 e. The molecule has 1 unspecified atom stereocenters. The van der Waals surface area contributed by atoms with E-state index in [0.29, 0.717) is 5.39 Å². The Balaban J connectivity index is 1.92. The normalized spacial score (nSPS) is 12.1. The number of aromatic nitrogens is 1. The molecule has 2 aromatic carbocycles. The maximum absolute atomic E-state index is 12.6. The van der Waals surface area contributed by atoms with Crippen molar-refractivity contribution in [3.8, 4) is 0 Å². The molecule has 1 heterocycles. The van der Waals surface area contributed by atoms with Crippen LogP contribution in [0.5, 0.6) is 0 Å². The third-order valence-electron chi connectivity index (χ3n) is 4.04. The van der Waals surface area contributed by atoms with E-state index in [1.54, 1.807) is 19.2 Å². The summed E-state index contributed by atoms with van der Waals surface area (Å²) in [6.07, 6.45) is 1.67. The van der Waals surface area contributed by atoms with E-state index < -0.39 is 6.04 Å². The fraction of sp³-hybridized carbons (Fsp3) is 0.158. The Morgan fingerprint density at radius 1 is 1.04 bits per heavy atom. The molecule has 0 bridgehead atoms. The van der Waals surface area contributed by atoms with Crippen molar-refractivity contribution in [3.63, 3.8) is 0 Å². The van der Waals surface area contributed by atoms with Gasteiger partial charge in [0, 0.05) is 17.3 Å². The third-order valence-corrected chi connectivity index (χ3v) is 4.04. The number of anilines is 1. The highest BCUT2D eigenvalue weighted by Gasteiger charge is 2.17. The van der Waals surface area contributed by atoms with Crippen LogP contribution in [0.25, 0.3) is 10.8 Å². The van der Waals surface area contributed by atoms with Gasteiger partial charge in [0.2, 0.25) is 5.91 Å². The van der Waals surface area contributed by atoms with Gasteiger partial charge in [-0.3, -0.25) is 9.59 Å². The summed E-state index contributed by atoms with van der Waals surface area (Å²) in [6, 6.07) is 16.2. The van der Waals surface area contributed by atoms with E-state index >= 15 is 0 Å². The van der Waals surface area contributed by atoms with Crippen molar-refractivity contribution in [1.82, 2.24) is 4.57 Å². The Kier molecular flexibility index (Phi) is 3.98. The lowest BCUT2D eigenvalue weighted by molar-refractivity contribution is -0.118. The molecule has 1 amide bonds. The molecule has 1 N–H and O–H groups in total. The minimum absolute atomic E-state index is 0.157. The molecule has 0 fully saturated rings. The third kappa shape index (κ3) is 2.88. The quantitative estimate of drug-likeness (QED) is 0.805. The molecule has 0 radical (unpaired) electrons. The average Bonchev–Trinajstić information content (AvgIpc) is 2.57. The fourth-order valence-corrected chi connectivity index (χ4v) is 2.59. The van der Waals surface area contributed by atoms with Gasteiger partial charge in [-0.05, 0) is 43.0 Å². The summed E-state index contributed by atoms with van der Waals surface area (Å²) in [6.45, 7) is 3.66. The first-order valence-corrected chi connectivity index (χ1v) is 7.54. The van der Waals surface area contributed by atoms with Gasteiger partial charge in [-0.2, -0.15) is 0 Å². The average molecular weight is 306 g/mol. The summed E-state index contributed by atoms with van der Waals surface area (Å²) in [5, 5.41) is 4.38. The van der Waals surface area contributed by atoms with Crippen LogP contribution in [-0.4, -0.2) is 10.5 Å². The van der Waals surface area contributed by atoms with E-state index in [9.17, 15) is 9.59 Å². The summed E-state index contributed by atoms with van der Waals surface area (Å²) in [7, 11) is 0. The Morgan fingerprint density at radius 3 is 2.52 bits per heavy atom. The number of fused-ring (bicyclic) bond motifs is 1. The molecule has 3 rings (SSSR count). The number of hydrogen-bond donors (Lipinski definition) is 1. The van der Waals surface area contributed by atoms with E-state index in [-0.39, 0.29) is 11.5 Å². The van der Waals surface area contributed by atoms with Crippen LogP contribution in [0.2, 0.25) is 0 Å². The van der Waals surface area contributed by atoms with Gasteiger partial charge in [0.25, 0.3) is 5.56 Å². The summed E-state index contributed by atoms with van der Waals surface area (Å²) in [5.41, 5.74) is 1.59. The van der Waals surface area contributed by atoms with Gasteiger partial charge in [0.05, 0.1) is 0 Å². The number of pyridine rings is 1. The lowest BCUT2D eigenvalue weighted by Crippen LogP contribution is -2.31. The molecule has 4 heteroatoms. The van der Waals surface area contributed by atoms with E-state index in [2.05, 4.69) is 5.32 Å². The number of para-hydroxylation sites is 1. The number of nitrogens with zero attached hydrogens (tertiary/aromatic N) is 1. The standard InChI is InChI=1S/C19H18N2O2/c1-13-7-3-6-10-17(13)20-18(22)14(2)21-12-11-15-8-4-5-9-16(15)19(21)23/h3-12,14H,1-2H3,(H,20,22). The molecule has 0 aliphatic heterocycles. The second kappa shape index (κ2) is 6.08. The zero-order valence-electron chi connectivity index (χ0n) is 13.1. The molecule has 0 saturated heterocycles. The van der Waals surface area contributed by atoms with Crippen molar-refractivity contribution in [2.75, 3.05) is 5.32 Å². The summed E-state index contributed by atoms with van der Waals surface area (Å²) in [4.78, 5) is 25.1. The predicted octanol–water partition coefficient (Wildman–Crippen LogP) is 3.51. The number of nitrogens with one attached hydrogen (secondary N) is 1. The first kappa shape index (κ1) is 15.0. The highest BCUT2D eigenvalue weighted by Crippen LogP contribution is 2.16. The zero-order chi connectivity index (χ0) is 16.4. The SMILES string of the molecule is Cc1ccccc1NC(=O)C(C)n1ccc2ccccc2c1=O. The van der Waals surface area contributed by atoms with Gasteiger partial charge in [-0.1, -0.05) is 36.4 Å². The zero-order valence-corrected chi connectivity index (χ0v) is 13.1. The Bertz CT molecular complexity index is 928. The molecule has 1 aromatic heterocycles. The number of benzene rings is 2. The maximum Gasteiger partial charge on any atom is 0.259 e. The van der Waals surface area contributed by atoms with Crippen LogP contribution >= 0.6 is 0 Å². The first-order chi connectivity index (χ1) is 11.1. The lowest BCUT2D eigenvalue weighted by atomic mass is 10.1. The molecule has 0 aliphatic rings. The van der Waals surface area contributed by atoms with Crippen LogP contribution in [0, 0.1) is 6.92 Å². The number of carbonyl (C=O) groups excluding carboxylic acids is 1. The van der Waals surface area contributed by atoms with Gasteiger partial charge < -0.3 is 9.88 Å². The molecule has 1 atom stereocenters. The summed E-state index contributed by atoms with van der Waals surface area (Å²) >= 11 is 0. The van der Waals surface area contributed by atoms with E-state index in [4.69, 9.17) is 0 Å². The Hall–Kier alpha value is -2.88. The molecule has 4 nitrogen and oxygen atoms in total. The molecular weight excluding hydrogens is 288 g/mol. The molecule has 0 spiro atoms. The molecule has 0 saturated carbocycles. The van der Waals surface area contributed by atoms with Crippen LogP contribution in [0.1, 0.15) is 18.5 Å². The largest absolute Gasteiger partial charge is 0.324 e. The molecule has 23 heavy (non-hydrogen) atoms. The molecule has 0 aliphatic carbocycles. The van der Waals surface area contributed by atoms with E-state index in [1.165, 1.54) is 4.57 Å². The second-order valence-corrected chi connectivity index (χ2v) is 5.60. The minimum atomic E-state index is -0.591. The Morgan fingerprint density at radius 2 is 1.74 bits per heavy atom. The van der Waals surface area contributed by atoms with Crippen molar-refractivity contribution < 1.29 is 4.79 Å². The minimum Gasteiger partial charge on any atom is -0.324 e. The van der Waals surface area contributed by atoms with Crippen LogP contribution in [0.3, 0.4) is 0 Å². The van der Waals surface area contributed by atoms with Crippen LogP contribution in [0.15, 0.2) is 65.6 Å². The van der Waals surface area contributed by atoms with Gasteiger partial charge in [0.1, 0.15) is 6.04 Å². The highest BCUT2D eigenvalue weighted by molar-refractivity contribution is 5.94.